The zero-order valence-electron chi connectivity index (χ0n) is 21.0. The van der Waals surface area contributed by atoms with Crippen LogP contribution in [0.2, 0.25) is 5.02 Å². The van der Waals surface area contributed by atoms with Gasteiger partial charge in [0.2, 0.25) is 17.6 Å². The van der Waals surface area contributed by atoms with Gasteiger partial charge in [-0.3, -0.25) is 9.59 Å². The lowest BCUT2D eigenvalue weighted by Gasteiger charge is -2.32. The van der Waals surface area contributed by atoms with Crippen LogP contribution in [0, 0.1) is 6.92 Å². The fourth-order valence-electron chi connectivity index (χ4n) is 4.71. The quantitative estimate of drug-likeness (QED) is 0.307. The SMILES string of the molecule is Cc1ccc(-c2nnn(CC(=O)N(Cc3ccccc3Cl)[C@H](C(=O)NC3CCCCC3)c3cccs3)n2)o1. The first-order chi connectivity index (χ1) is 18.5. The fourth-order valence-corrected chi connectivity index (χ4v) is 5.74. The average molecular weight is 553 g/mol. The van der Waals surface area contributed by atoms with Crippen molar-refractivity contribution < 1.29 is 14.0 Å². The Kier molecular flexibility index (Phi) is 8.19. The lowest BCUT2D eigenvalue weighted by molar-refractivity contribution is -0.142. The molecule has 1 saturated carbocycles. The molecule has 4 aromatic rings. The number of furan rings is 1. The Morgan fingerprint density at radius 3 is 2.68 bits per heavy atom. The molecule has 198 valence electrons. The molecular formula is C27H29ClN6O3S. The van der Waals surface area contributed by atoms with Gasteiger partial charge < -0.3 is 14.6 Å². The number of tetrazole rings is 1. The number of rotatable bonds is 9. The second kappa shape index (κ2) is 11.9. The molecule has 11 heteroatoms. The Balaban J connectivity index is 1.44. The molecule has 1 N–H and O–H groups in total. The molecule has 38 heavy (non-hydrogen) atoms. The van der Waals surface area contributed by atoms with Crippen molar-refractivity contribution >= 4 is 34.8 Å². The molecule has 1 aliphatic carbocycles. The van der Waals surface area contributed by atoms with Gasteiger partial charge in [0, 0.05) is 22.5 Å². The highest BCUT2D eigenvalue weighted by Crippen LogP contribution is 2.30. The second-order valence-electron chi connectivity index (χ2n) is 9.43. The van der Waals surface area contributed by atoms with Gasteiger partial charge >= 0.3 is 0 Å². The smallest absolute Gasteiger partial charge is 0.248 e. The molecule has 1 aromatic carbocycles. The maximum atomic E-state index is 13.9. The molecule has 0 aliphatic heterocycles. The number of thiophene rings is 1. The Morgan fingerprint density at radius 2 is 1.97 bits per heavy atom. The van der Waals surface area contributed by atoms with E-state index in [4.69, 9.17) is 16.0 Å². The van der Waals surface area contributed by atoms with Crippen molar-refractivity contribution in [1.82, 2.24) is 30.4 Å². The number of nitrogens with one attached hydrogen (secondary N) is 1. The van der Waals surface area contributed by atoms with E-state index in [1.165, 1.54) is 22.6 Å². The van der Waals surface area contributed by atoms with Crippen LogP contribution in [0.5, 0.6) is 0 Å². The molecule has 0 unspecified atom stereocenters. The lowest BCUT2D eigenvalue weighted by atomic mass is 9.95. The summed E-state index contributed by atoms with van der Waals surface area (Å²) in [6.07, 6.45) is 5.25. The summed E-state index contributed by atoms with van der Waals surface area (Å²) in [7, 11) is 0. The number of aryl methyl sites for hydroxylation is 1. The Morgan fingerprint density at radius 1 is 1.16 bits per heavy atom. The summed E-state index contributed by atoms with van der Waals surface area (Å²) < 4.78 is 5.58. The van der Waals surface area contributed by atoms with Gasteiger partial charge in [0.05, 0.1) is 0 Å². The van der Waals surface area contributed by atoms with Crippen molar-refractivity contribution in [3.05, 3.63) is 75.1 Å². The number of amides is 2. The molecule has 1 atom stereocenters. The Labute approximate surface area is 229 Å². The first-order valence-electron chi connectivity index (χ1n) is 12.7. The maximum absolute atomic E-state index is 13.9. The molecule has 3 heterocycles. The minimum absolute atomic E-state index is 0.104. The monoisotopic (exact) mass is 552 g/mol. The highest BCUT2D eigenvalue weighted by atomic mass is 35.5. The van der Waals surface area contributed by atoms with Crippen molar-refractivity contribution in [1.29, 1.82) is 0 Å². The molecule has 0 saturated heterocycles. The van der Waals surface area contributed by atoms with Gasteiger partial charge in [-0.1, -0.05) is 55.1 Å². The summed E-state index contributed by atoms with van der Waals surface area (Å²) >= 11 is 7.93. The van der Waals surface area contributed by atoms with Crippen LogP contribution in [0.15, 0.2) is 58.3 Å². The van der Waals surface area contributed by atoms with Crippen molar-refractivity contribution in [2.75, 3.05) is 0 Å². The topological polar surface area (TPSA) is 106 Å². The zero-order valence-corrected chi connectivity index (χ0v) is 22.6. The molecule has 3 aromatic heterocycles. The van der Waals surface area contributed by atoms with Crippen LogP contribution in [0.25, 0.3) is 11.6 Å². The summed E-state index contributed by atoms with van der Waals surface area (Å²) in [6.45, 7) is 1.78. The molecule has 0 bridgehead atoms. The summed E-state index contributed by atoms with van der Waals surface area (Å²) in [6, 6.07) is 13.9. The minimum atomic E-state index is -0.823. The molecule has 0 radical (unpaired) electrons. The van der Waals surface area contributed by atoms with E-state index in [9.17, 15) is 9.59 Å². The first kappa shape index (κ1) is 26.1. The number of halogens is 1. The van der Waals surface area contributed by atoms with Crippen LogP contribution in [-0.2, 0) is 22.7 Å². The molecule has 2 amide bonds. The van der Waals surface area contributed by atoms with Gasteiger partial charge in [-0.05, 0) is 60.2 Å². The van der Waals surface area contributed by atoms with E-state index in [1.807, 2.05) is 48.7 Å². The molecule has 1 aliphatic rings. The second-order valence-corrected chi connectivity index (χ2v) is 10.8. The highest BCUT2D eigenvalue weighted by molar-refractivity contribution is 7.10. The van der Waals surface area contributed by atoms with Crippen LogP contribution in [0.4, 0.5) is 0 Å². The standard InChI is InChI=1S/C27H29ClN6O3S/c1-18-13-14-22(37-18)26-30-32-34(31-26)17-24(35)33(16-19-8-5-6-11-21(19)28)25(23-12-7-15-38-23)27(36)29-20-9-3-2-4-10-20/h5-8,11-15,20,25H,2-4,9-10,16-17H2,1H3,(H,29,36)/t25-/m0/s1. The number of aromatic nitrogens is 4. The zero-order chi connectivity index (χ0) is 26.5. The van der Waals surface area contributed by atoms with Crippen molar-refractivity contribution in [2.45, 2.75) is 64.2 Å². The van der Waals surface area contributed by atoms with Gasteiger partial charge in [0.25, 0.3) is 0 Å². The van der Waals surface area contributed by atoms with Crippen LogP contribution in [-0.4, -0.2) is 43.0 Å². The van der Waals surface area contributed by atoms with E-state index in [2.05, 4.69) is 20.7 Å². The maximum Gasteiger partial charge on any atom is 0.248 e. The van der Waals surface area contributed by atoms with Crippen molar-refractivity contribution in [3.8, 4) is 11.6 Å². The third kappa shape index (κ3) is 6.14. The third-order valence-electron chi connectivity index (χ3n) is 6.63. The molecule has 9 nitrogen and oxygen atoms in total. The van der Waals surface area contributed by atoms with E-state index in [1.54, 1.807) is 17.0 Å². The van der Waals surface area contributed by atoms with Gasteiger partial charge in [-0.2, -0.15) is 4.80 Å². The summed E-state index contributed by atoms with van der Waals surface area (Å²) in [5.74, 6) is 0.951. The normalized spacial score (nSPS) is 14.8. The highest BCUT2D eigenvalue weighted by Gasteiger charge is 2.34. The Bertz CT molecular complexity index is 1380. The number of hydrogen-bond donors (Lipinski definition) is 1. The fraction of sp³-hybridized carbons (Fsp3) is 0.370. The number of hydrogen-bond acceptors (Lipinski definition) is 7. The average Bonchev–Trinajstić information content (AvgIpc) is 3.68. The number of carbonyl (C=O) groups excluding carboxylic acids is 2. The summed E-state index contributed by atoms with van der Waals surface area (Å²) in [5, 5.41) is 18.1. The van der Waals surface area contributed by atoms with Crippen LogP contribution >= 0.6 is 22.9 Å². The van der Waals surface area contributed by atoms with Gasteiger partial charge in [0.15, 0.2) is 5.76 Å². The molecular weight excluding hydrogens is 524 g/mol. The Hall–Kier alpha value is -3.50. The van der Waals surface area contributed by atoms with Crippen molar-refractivity contribution in [2.24, 2.45) is 0 Å². The van der Waals surface area contributed by atoms with E-state index in [-0.39, 0.29) is 36.8 Å². The molecule has 5 rings (SSSR count). The molecule has 0 spiro atoms. The minimum Gasteiger partial charge on any atom is -0.458 e. The summed E-state index contributed by atoms with van der Waals surface area (Å²) in [5.41, 5.74) is 0.743. The van der Waals surface area contributed by atoms with Crippen molar-refractivity contribution in [3.63, 3.8) is 0 Å². The third-order valence-corrected chi connectivity index (χ3v) is 7.93. The number of benzene rings is 1. The van der Waals surface area contributed by atoms with E-state index < -0.39 is 6.04 Å². The first-order valence-corrected chi connectivity index (χ1v) is 13.9. The predicted molar refractivity (Wildman–Crippen MR) is 144 cm³/mol. The lowest BCUT2D eigenvalue weighted by Crippen LogP contribution is -2.47. The van der Waals surface area contributed by atoms with Gasteiger partial charge in [-0.15, -0.1) is 21.5 Å². The van der Waals surface area contributed by atoms with Crippen LogP contribution in [0.3, 0.4) is 0 Å². The number of carbonyl (C=O) groups is 2. The predicted octanol–water partition coefficient (Wildman–Crippen LogP) is 5.18. The number of nitrogens with zero attached hydrogens (tertiary/aromatic N) is 5. The van der Waals surface area contributed by atoms with E-state index >= 15 is 0 Å². The van der Waals surface area contributed by atoms with E-state index in [0.29, 0.717) is 10.8 Å². The van der Waals surface area contributed by atoms with Gasteiger partial charge in [-0.25, -0.2) is 0 Å². The molecule has 1 fully saturated rings. The van der Waals surface area contributed by atoms with Gasteiger partial charge in [0.1, 0.15) is 18.3 Å². The summed E-state index contributed by atoms with van der Waals surface area (Å²) in [4.78, 5) is 31.2. The van der Waals surface area contributed by atoms with Crippen LogP contribution < -0.4 is 5.32 Å². The largest absolute Gasteiger partial charge is 0.458 e. The van der Waals surface area contributed by atoms with Crippen LogP contribution in [0.1, 0.15) is 54.3 Å². The van der Waals surface area contributed by atoms with E-state index in [0.717, 1.165) is 41.9 Å².